The third-order valence-corrected chi connectivity index (χ3v) is 5.81. The maximum atomic E-state index is 13.0. The molecule has 0 fully saturated rings. The molecule has 0 aliphatic carbocycles. The number of hydrogen-bond donors (Lipinski definition) is 1. The van der Waals surface area contributed by atoms with Crippen molar-refractivity contribution in [2.45, 2.75) is 11.8 Å². The van der Waals surface area contributed by atoms with E-state index in [1.807, 2.05) is 0 Å². The topological polar surface area (TPSA) is 66.5 Å². The number of rotatable bonds is 6. The van der Waals surface area contributed by atoms with Gasteiger partial charge in [0.2, 0.25) is 15.9 Å². The number of nitrogens with one attached hydrogen (secondary N) is 1. The molecule has 0 aromatic heterocycles. The fraction of sp³-hybridized carbons (Fsp3) is 0.188. The number of benzene rings is 2. The summed E-state index contributed by atoms with van der Waals surface area (Å²) in [4.78, 5) is 12.1. The van der Waals surface area contributed by atoms with Crippen LogP contribution >= 0.6 is 23.2 Å². The highest BCUT2D eigenvalue weighted by atomic mass is 35.5. The van der Waals surface area contributed by atoms with Gasteiger partial charge in [-0.05, 0) is 42.5 Å². The lowest BCUT2D eigenvalue weighted by atomic mass is 10.3. The molecule has 0 saturated heterocycles. The highest BCUT2D eigenvalue weighted by Gasteiger charge is 2.25. The van der Waals surface area contributed by atoms with E-state index in [2.05, 4.69) is 5.32 Å². The second kappa shape index (κ2) is 8.14. The fourth-order valence-electron chi connectivity index (χ4n) is 2.06. The first kappa shape index (κ1) is 19.7. The number of anilines is 1. The molecular formula is C16H15Cl2FN2O3S. The van der Waals surface area contributed by atoms with Gasteiger partial charge in [-0.2, -0.15) is 4.31 Å². The van der Waals surface area contributed by atoms with Crippen molar-refractivity contribution in [1.82, 2.24) is 4.31 Å². The molecule has 0 bridgehead atoms. The molecule has 0 spiro atoms. The molecule has 0 heterocycles. The Bertz CT molecular complexity index is 873. The van der Waals surface area contributed by atoms with Crippen LogP contribution in [0.15, 0.2) is 47.4 Å². The zero-order valence-electron chi connectivity index (χ0n) is 13.2. The van der Waals surface area contributed by atoms with Gasteiger partial charge in [0.05, 0.1) is 22.2 Å². The Labute approximate surface area is 155 Å². The maximum absolute atomic E-state index is 13.0. The molecule has 134 valence electrons. The number of likely N-dealkylation sites (N-methyl/N-ethyl adjacent to an activating group) is 1. The predicted octanol–water partition coefficient (Wildman–Crippen LogP) is 3.78. The summed E-state index contributed by atoms with van der Waals surface area (Å²) in [5.74, 6) is -1.10. The molecule has 5 nitrogen and oxygen atoms in total. The second-order valence-corrected chi connectivity index (χ2v) is 7.84. The molecule has 2 aromatic rings. The Kier molecular flexibility index (Phi) is 6.40. The largest absolute Gasteiger partial charge is 0.324 e. The average molecular weight is 405 g/mol. The van der Waals surface area contributed by atoms with Gasteiger partial charge in [-0.15, -0.1) is 0 Å². The van der Waals surface area contributed by atoms with Crippen molar-refractivity contribution < 1.29 is 17.6 Å². The standard InChI is InChI=1S/C16H15Cl2FN2O3S/c1-2-21(25(23,24)13-6-4-12(19)5-7-13)10-16(22)20-15-8-3-11(17)9-14(15)18/h3-9H,2,10H2,1H3,(H,20,22). The molecule has 0 atom stereocenters. The first-order valence-corrected chi connectivity index (χ1v) is 9.44. The van der Waals surface area contributed by atoms with Gasteiger partial charge < -0.3 is 5.32 Å². The lowest BCUT2D eigenvalue weighted by Gasteiger charge is -2.20. The van der Waals surface area contributed by atoms with Crippen molar-refractivity contribution in [3.63, 3.8) is 0 Å². The third-order valence-electron chi connectivity index (χ3n) is 3.33. The lowest BCUT2D eigenvalue weighted by molar-refractivity contribution is -0.116. The van der Waals surface area contributed by atoms with Gasteiger partial charge in [0.25, 0.3) is 0 Å². The molecule has 1 N–H and O–H groups in total. The maximum Gasteiger partial charge on any atom is 0.243 e. The van der Waals surface area contributed by atoms with Crippen molar-refractivity contribution in [2.75, 3.05) is 18.4 Å². The molecule has 2 aromatic carbocycles. The molecular weight excluding hydrogens is 390 g/mol. The molecule has 0 radical (unpaired) electrons. The Balaban J connectivity index is 2.15. The summed E-state index contributed by atoms with van der Waals surface area (Å²) >= 11 is 11.8. The third kappa shape index (κ3) is 4.92. The van der Waals surface area contributed by atoms with E-state index < -0.39 is 28.3 Å². The quantitative estimate of drug-likeness (QED) is 0.796. The number of nitrogens with zero attached hydrogens (tertiary/aromatic N) is 1. The summed E-state index contributed by atoms with van der Waals surface area (Å²) in [6.45, 7) is 1.26. The number of hydrogen-bond acceptors (Lipinski definition) is 3. The minimum Gasteiger partial charge on any atom is -0.324 e. The highest BCUT2D eigenvalue weighted by molar-refractivity contribution is 7.89. The first-order chi connectivity index (χ1) is 11.7. The molecule has 1 amide bonds. The average Bonchev–Trinajstić information content (AvgIpc) is 2.55. The molecule has 0 unspecified atom stereocenters. The van der Waals surface area contributed by atoms with Crippen LogP contribution in [-0.4, -0.2) is 31.7 Å². The van der Waals surface area contributed by atoms with E-state index in [9.17, 15) is 17.6 Å². The smallest absolute Gasteiger partial charge is 0.243 e. The van der Waals surface area contributed by atoms with E-state index in [0.717, 1.165) is 28.6 Å². The number of carbonyl (C=O) groups excluding carboxylic acids is 1. The first-order valence-electron chi connectivity index (χ1n) is 7.24. The molecule has 25 heavy (non-hydrogen) atoms. The minimum absolute atomic E-state index is 0.0709. The van der Waals surface area contributed by atoms with Gasteiger partial charge in [0.15, 0.2) is 0 Å². The van der Waals surface area contributed by atoms with Crippen molar-refractivity contribution in [3.05, 3.63) is 58.3 Å². The summed E-state index contributed by atoms with van der Waals surface area (Å²) in [5.41, 5.74) is 0.325. The zero-order chi connectivity index (χ0) is 18.6. The molecule has 0 aliphatic heterocycles. The molecule has 0 saturated carbocycles. The Morgan fingerprint density at radius 3 is 2.36 bits per heavy atom. The van der Waals surface area contributed by atoms with Gasteiger partial charge in [0.1, 0.15) is 5.82 Å². The van der Waals surface area contributed by atoms with Crippen LogP contribution in [0.2, 0.25) is 10.0 Å². The van der Waals surface area contributed by atoms with Crippen molar-refractivity contribution in [3.8, 4) is 0 Å². The van der Waals surface area contributed by atoms with Crippen LogP contribution in [0.25, 0.3) is 0 Å². The minimum atomic E-state index is -3.92. The van der Waals surface area contributed by atoms with Crippen LogP contribution in [0.5, 0.6) is 0 Å². The van der Waals surface area contributed by atoms with E-state index in [4.69, 9.17) is 23.2 Å². The van der Waals surface area contributed by atoms with Crippen molar-refractivity contribution in [2.24, 2.45) is 0 Å². The summed E-state index contributed by atoms with van der Waals surface area (Å²) in [7, 11) is -3.92. The Hall–Kier alpha value is -1.67. The van der Waals surface area contributed by atoms with Gasteiger partial charge in [-0.3, -0.25) is 4.79 Å². The zero-order valence-corrected chi connectivity index (χ0v) is 15.5. The van der Waals surface area contributed by atoms with E-state index in [-0.39, 0.29) is 16.5 Å². The van der Waals surface area contributed by atoms with Crippen LogP contribution in [0.3, 0.4) is 0 Å². The molecule has 2 rings (SSSR count). The second-order valence-electron chi connectivity index (χ2n) is 5.06. The van der Waals surface area contributed by atoms with Crippen LogP contribution in [0, 0.1) is 5.82 Å². The van der Waals surface area contributed by atoms with E-state index in [0.29, 0.717) is 10.7 Å². The lowest BCUT2D eigenvalue weighted by Crippen LogP contribution is -2.37. The summed E-state index contributed by atoms with van der Waals surface area (Å²) in [6, 6.07) is 8.94. The van der Waals surface area contributed by atoms with E-state index >= 15 is 0 Å². The normalized spacial score (nSPS) is 11.6. The highest BCUT2D eigenvalue weighted by Crippen LogP contribution is 2.25. The van der Waals surface area contributed by atoms with Crippen LogP contribution in [-0.2, 0) is 14.8 Å². The van der Waals surface area contributed by atoms with E-state index in [1.165, 1.54) is 12.1 Å². The van der Waals surface area contributed by atoms with Crippen LogP contribution < -0.4 is 5.32 Å². The van der Waals surface area contributed by atoms with Gasteiger partial charge in [-0.25, -0.2) is 12.8 Å². The summed E-state index contributed by atoms with van der Waals surface area (Å²) in [5, 5.41) is 3.19. The molecule has 0 aliphatic rings. The van der Waals surface area contributed by atoms with Gasteiger partial charge >= 0.3 is 0 Å². The van der Waals surface area contributed by atoms with Crippen LogP contribution in [0.4, 0.5) is 10.1 Å². The fourth-order valence-corrected chi connectivity index (χ4v) is 3.92. The Morgan fingerprint density at radius 1 is 1.16 bits per heavy atom. The SMILES string of the molecule is CCN(CC(=O)Nc1ccc(Cl)cc1Cl)S(=O)(=O)c1ccc(F)cc1. The summed E-state index contributed by atoms with van der Waals surface area (Å²) in [6.07, 6.45) is 0. The molecule has 9 heteroatoms. The number of sulfonamides is 1. The number of halogens is 3. The monoisotopic (exact) mass is 404 g/mol. The van der Waals surface area contributed by atoms with Gasteiger partial charge in [-0.1, -0.05) is 30.1 Å². The van der Waals surface area contributed by atoms with Gasteiger partial charge in [0, 0.05) is 11.6 Å². The number of amides is 1. The predicted molar refractivity (Wildman–Crippen MR) is 95.9 cm³/mol. The van der Waals surface area contributed by atoms with Crippen LogP contribution in [0.1, 0.15) is 6.92 Å². The van der Waals surface area contributed by atoms with Crippen molar-refractivity contribution >= 4 is 44.8 Å². The van der Waals surface area contributed by atoms with Crippen molar-refractivity contribution in [1.29, 1.82) is 0 Å². The Morgan fingerprint density at radius 2 is 1.80 bits per heavy atom. The summed E-state index contributed by atoms with van der Waals surface area (Å²) < 4.78 is 39.1. The van der Waals surface area contributed by atoms with E-state index in [1.54, 1.807) is 13.0 Å². The number of carbonyl (C=O) groups is 1.